The lowest BCUT2D eigenvalue weighted by molar-refractivity contribution is -0.126. The predicted octanol–water partition coefficient (Wildman–Crippen LogP) is 2.44. The van der Waals surface area contributed by atoms with E-state index in [9.17, 15) is 4.79 Å². The highest BCUT2D eigenvalue weighted by atomic mass is 16.5. The van der Waals surface area contributed by atoms with Crippen molar-refractivity contribution in [3.8, 4) is 0 Å². The number of aromatic nitrogens is 3. The van der Waals surface area contributed by atoms with Gasteiger partial charge in [0.15, 0.2) is 0 Å². The van der Waals surface area contributed by atoms with Crippen LogP contribution in [0.5, 0.6) is 0 Å². The number of carbonyl (C=O) groups is 1. The zero-order valence-corrected chi connectivity index (χ0v) is 15.1. The number of anilines is 1. The third kappa shape index (κ3) is 3.07. The van der Waals surface area contributed by atoms with E-state index in [2.05, 4.69) is 40.0 Å². The van der Waals surface area contributed by atoms with Crippen LogP contribution in [0.3, 0.4) is 0 Å². The lowest BCUT2D eigenvalue weighted by Gasteiger charge is -2.22. The predicted molar refractivity (Wildman–Crippen MR) is 100 cm³/mol. The van der Waals surface area contributed by atoms with Gasteiger partial charge in [-0.15, -0.1) is 0 Å². The molecule has 0 unspecified atom stereocenters. The van der Waals surface area contributed by atoms with Crippen molar-refractivity contribution in [2.24, 2.45) is 0 Å². The molecule has 2 N–H and O–H groups in total. The molecule has 26 heavy (non-hydrogen) atoms. The molecule has 4 rings (SSSR count). The Morgan fingerprint density at radius 2 is 2.23 bits per heavy atom. The maximum absolute atomic E-state index is 12.0. The Bertz CT molecular complexity index is 811. The fourth-order valence-corrected chi connectivity index (χ4v) is 4.18. The molecule has 4 heterocycles. The van der Waals surface area contributed by atoms with Crippen LogP contribution in [0.4, 0.5) is 5.82 Å². The molecular formula is C19H25N5O2. The first-order valence-corrected chi connectivity index (χ1v) is 9.26. The van der Waals surface area contributed by atoms with E-state index in [1.54, 1.807) is 6.33 Å². The Morgan fingerprint density at radius 1 is 1.42 bits per heavy atom. The molecule has 2 atom stereocenters. The molecule has 138 valence electrons. The number of ether oxygens (including phenoxy) is 1. The van der Waals surface area contributed by atoms with Gasteiger partial charge < -0.3 is 19.9 Å². The van der Waals surface area contributed by atoms with Gasteiger partial charge in [0.1, 0.15) is 17.8 Å². The average molecular weight is 355 g/mol. The zero-order chi connectivity index (χ0) is 18.1. The summed E-state index contributed by atoms with van der Waals surface area (Å²) in [7, 11) is 0. The van der Waals surface area contributed by atoms with E-state index >= 15 is 0 Å². The summed E-state index contributed by atoms with van der Waals surface area (Å²) >= 11 is 0. The molecule has 0 aliphatic carbocycles. The van der Waals surface area contributed by atoms with Gasteiger partial charge in [-0.1, -0.05) is 6.58 Å². The van der Waals surface area contributed by atoms with E-state index in [1.165, 1.54) is 11.6 Å². The molecule has 0 radical (unpaired) electrons. The van der Waals surface area contributed by atoms with E-state index in [0.29, 0.717) is 12.5 Å². The topological polar surface area (TPSA) is 83.1 Å². The summed E-state index contributed by atoms with van der Waals surface area (Å²) in [6, 6.07) is 0.362. The normalized spacial score (nSPS) is 24.1. The summed E-state index contributed by atoms with van der Waals surface area (Å²) in [5.74, 6) is 1.30. The van der Waals surface area contributed by atoms with Gasteiger partial charge in [-0.25, -0.2) is 9.97 Å². The molecule has 0 aromatic carbocycles. The molecular weight excluding hydrogens is 330 g/mol. The molecule has 1 amide bonds. The second kappa shape index (κ2) is 7.07. The highest BCUT2D eigenvalue weighted by Crippen LogP contribution is 2.35. The Hall–Kier alpha value is -2.41. The monoisotopic (exact) mass is 355 g/mol. The molecule has 2 aliphatic heterocycles. The summed E-state index contributed by atoms with van der Waals surface area (Å²) < 4.78 is 5.50. The first-order chi connectivity index (χ1) is 12.7. The van der Waals surface area contributed by atoms with Crippen molar-refractivity contribution < 1.29 is 9.53 Å². The number of likely N-dealkylation sites (tertiary alicyclic amines) is 1. The third-order valence-corrected chi connectivity index (χ3v) is 5.53. The SMILES string of the molecule is C=CC(=O)N1C[C@H](Nc2ncnc3[nH]cc(C4CCOCC4)c23)C[C@@H]1C. The van der Waals surface area contributed by atoms with E-state index in [0.717, 1.165) is 49.3 Å². The number of H-pyrrole nitrogens is 1. The molecule has 2 saturated heterocycles. The Labute approximate surface area is 152 Å². The Morgan fingerprint density at radius 3 is 3.00 bits per heavy atom. The second-order valence-corrected chi connectivity index (χ2v) is 7.20. The van der Waals surface area contributed by atoms with Crippen LogP contribution in [0.1, 0.15) is 37.7 Å². The number of hydrogen-bond donors (Lipinski definition) is 2. The third-order valence-electron chi connectivity index (χ3n) is 5.53. The average Bonchev–Trinajstić information content (AvgIpc) is 3.26. The summed E-state index contributed by atoms with van der Waals surface area (Å²) in [6.45, 7) is 7.93. The molecule has 7 nitrogen and oxygen atoms in total. The fraction of sp³-hybridized carbons (Fsp3) is 0.526. The van der Waals surface area contributed by atoms with Crippen molar-refractivity contribution in [2.45, 2.75) is 44.2 Å². The summed E-state index contributed by atoms with van der Waals surface area (Å²) in [5.41, 5.74) is 2.12. The van der Waals surface area contributed by atoms with Gasteiger partial charge in [-0.2, -0.15) is 0 Å². The first kappa shape index (κ1) is 17.0. The highest BCUT2D eigenvalue weighted by molar-refractivity contribution is 5.91. The van der Waals surface area contributed by atoms with Crippen molar-refractivity contribution in [3.63, 3.8) is 0 Å². The Kier molecular flexibility index (Phi) is 4.63. The molecule has 2 aromatic rings. The second-order valence-electron chi connectivity index (χ2n) is 7.20. The van der Waals surface area contributed by atoms with Crippen LogP contribution in [-0.2, 0) is 9.53 Å². The number of hydrogen-bond acceptors (Lipinski definition) is 5. The summed E-state index contributed by atoms with van der Waals surface area (Å²) in [4.78, 5) is 26.0. The van der Waals surface area contributed by atoms with Crippen LogP contribution in [-0.4, -0.2) is 57.6 Å². The van der Waals surface area contributed by atoms with Gasteiger partial charge in [0.25, 0.3) is 0 Å². The number of fused-ring (bicyclic) bond motifs is 1. The largest absolute Gasteiger partial charge is 0.381 e. The van der Waals surface area contributed by atoms with Crippen molar-refractivity contribution in [2.75, 3.05) is 25.1 Å². The lowest BCUT2D eigenvalue weighted by atomic mass is 9.92. The minimum absolute atomic E-state index is 0.0147. The van der Waals surface area contributed by atoms with E-state index in [4.69, 9.17) is 4.74 Å². The van der Waals surface area contributed by atoms with E-state index < -0.39 is 0 Å². The molecule has 7 heteroatoms. The minimum Gasteiger partial charge on any atom is -0.381 e. The van der Waals surface area contributed by atoms with Crippen LogP contribution in [0.2, 0.25) is 0 Å². The lowest BCUT2D eigenvalue weighted by Crippen LogP contribution is -2.33. The number of nitrogens with zero attached hydrogens (tertiary/aromatic N) is 3. The van der Waals surface area contributed by atoms with E-state index in [-0.39, 0.29) is 18.0 Å². The molecule has 2 fully saturated rings. The maximum Gasteiger partial charge on any atom is 0.246 e. The van der Waals surface area contributed by atoms with Gasteiger partial charge in [0, 0.05) is 38.0 Å². The van der Waals surface area contributed by atoms with Crippen molar-refractivity contribution >= 4 is 22.8 Å². The van der Waals surface area contributed by atoms with Gasteiger partial charge in [-0.3, -0.25) is 4.79 Å². The Balaban J connectivity index is 1.60. The number of aromatic amines is 1. The number of amides is 1. The number of rotatable bonds is 4. The molecule has 2 aliphatic rings. The van der Waals surface area contributed by atoms with Crippen molar-refractivity contribution in [3.05, 3.63) is 30.7 Å². The number of nitrogens with one attached hydrogen (secondary N) is 2. The van der Waals surface area contributed by atoms with Gasteiger partial charge in [-0.05, 0) is 43.7 Å². The number of carbonyl (C=O) groups excluding carboxylic acids is 1. The van der Waals surface area contributed by atoms with Crippen LogP contribution in [0.25, 0.3) is 11.0 Å². The van der Waals surface area contributed by atoms with Crippen molar-refractivity contribution in [1.82, 2.24) is 19.9 Å². The van der Waals surface area contributed by atoms with E-state index in [1.807, 2.05) is 4.90 Å². The van der Waals surface area contributed by atoms with Crippen LogP contribution >= 0.6 is 0 Å². The summed E-state index contributed by atoms with van der Waals surface area (Å²) in [6.07, 6.45) is 7.96. The smallest absolute Gasteiger partial charge is 0.246 e. The maximum atomic E-state index is 12.0. The molecule has 0 spiro atoms. The first-order valence-electron chi connectivity index (χ1n) is 9.26. The quantitative estimate of drug-likeness (QED) is 0.823. The summed E-state index contributed by atoms with van der Waals surface area (Å²) in [5, 5.41) is 4.63. The zero-order valence-electron chi connectivity index (χ0n) is 15.1. The van der Waals surface area contributed by atoms with Crippen molar-refractivity contribution in [1.29, 1.82) is 0 Å². The highest BCUT2D eigenvalue weighted by Gasteiger charge is 2.32. The standard InChI is InChI=1S/C19H25N5O2/c1-3-16(25)24-10-14(8-12(24)2)23-19-17-15(13-4-6-26-7-5-13)9-20-18(17)21-11-22-19/h3,9,11-14H,1,4-8,10H2,2H3,(H2,20,21,22,23)/t12-,14+/m0/s1. The van der Waals surface area contributed by atoms with Gasteiger partial charge >= 0.3 is 0 Å². The molecule has 0 bridgehead atoms. The van der Waals surface area contributed by atoms with Crippen LogP contribution < -0.4 is 5.32 Å². The minimum atomic E-state index is -0.0147. The van der Waals surface area contributed by atoms with Gasteiger partial charge in [0.2, 0.25) is 5.91 Å². The van der Waals surface area contributed by atoms with Gasteiger partial charge in [0.05, 0.1) is 5.39 Å². The van der Waals surface area contributed by atoms with Crippen LogP contribution in [0, 0.1) is 0 Å². The van der Waals surface area contributed by atoms with Crippen LogP contribution in [0.15, 0.2) is 25.2 Å². The fourth-order valence-electron chi connectivity index (χ4n) is 4.18. The molecule has 0 saturated carbocycles. The molecule has 2 aromatic heterocycles.